The molecular weight excluding hydrogens is 279 g/mol. The Kier molecular flexibility index (Phi) is 3.67. The minimum atomic E-state index is -0.311. The molecule has 0 saturated heterocycles. The van der Waals surface area contributed by atoms with E-state index in [1.54, 1.807) is 12.1 Å². The molecule has 0 atom stereocenters. The zero-order chi connectivity index (χ0) is 15.7. The molecule has 1 amide bonds. The Morgan fingerprint density at radius 1 is 1.14 bits per heavy atom. The topological polar surface area (TPSA) is 44.9 Å². The number of aromatic amines is 1. The van der Waals surface area contributed by atoms with E-state index in [-0.39, 0.29) is 11.7 Å². The first-order chi connectivity index (χ1) is 10.5. The van der Waals surface area contributed by atoms with Crippen LogP contribution in [-0.4, -0.2) is 10.9 Å². The summed E-state index contributed by atoms with van der Waals surface area (Å²) in [5.74, 6) is -0.509. The fourth-order valence-corrected chi connectivity index (χ4v) is 2.54. The van der Waals surface area contributed by atoms with Crippen molar-refractivity contribution in [2.45, 2.75) is 20.4 Å². The number of fused-ring (bicyclic) bond motifs is 1. The van der Waals surface area contributed by atoms with Gasteiger partial charge in [0.2, 0.25) is 0 Å². The number of amides is 1. The predicted octanol–water partition coefficient (Wildman–Crippen LogP) is 3.85. The summed E-state index contributed by atoms with van der Waals surface area (Å²) in [7, 11) is 0. The summed E-state index contributed by atoms with van der Waals surface area (Å²) in [6.45, 7) is 4.54. The SMILES string of the molecule is Cc1ccc(CNC(=O)c2cc3cc(F)ccc3[nH]2)c(C)c1. The molecule has 2 aromatic carbocycles. The van der Waals surface area contributed by atoms with Crippen LogP contribution in [-0.2, 0) is 6.54 Å². The number of H-pyrrole nitrogens is 1. The molecule has 0 spiro atoms. The Morgan fingerprint density at radius 2 is 1.95 bits per heavy atom. The number of nitrogens with one attached hydrogen (secondary N) is 2. The minimum absolute atomic E-state index is 0.198. The summed E-state index contributed by atoms with van der Waals surface area (Å²) in [6.07, 6.45) is 0. The third-order valence-corrected chi connectivity index (χ3v) is 3.76. The number of carbonyl (C=O) groups excluding carboxylic acids is 1. The Morgan fingerprint density at radius 3 is 2.73 bits per heavy atom. The standard InChI is InChI=1S/C18H17FN2O/c1-11-3-4-13(12(2)7-11)10-20-18(22)17-9-14-8-15(19)5-6-16(14)21-17/h3-9,21H,10H2,1-2H3,(H,20,22). The lowest BCUT2D eigenvalue weighted by atomic mass is 10.1. The van der Waals surface area contributed by atoms with Crippen LogP contribution in [0, 0.1) is 19.7 Å². The molecule has 3 aromatic rings. The summed E-state index contributed by atoms with van der Waals surface area (Å²) in [6, 6.07) is 12.2. The van der Waals surface area contributed by atoms with E-state index in [4.69, 9.17) is 0 Å². The maximum absolute atomic E-state index is 13.2. The fourth-order valence-electron chi connectivity index (χ4n) is 2.54. The Labute approximate surface area is 128 Å². The summed E-state index contributed by atoms with van der Waals surface area (Å²) in [4.78, 5) is 15.2. The van der Waals surface area contributed by atoms with E-state index in [9.17, 15) is 9.18 Å². The summed E-state index contributed by atoms with van der Waals surface area (Å²) in [5, 5.41) is 3.58. The highest BCUT2D eigenvalue weighted by Gasteiger charge is 2.10. The van der Waals surface area contributed by atoms with Gasteiger partial charge < -0.3 is 10.3 Å². The molecule has 3 nitrogen and oxygen atoms in total. The van der Waals surface area contributed by atoms with E-state index in [2.05, 4.69) is 16.4 Å². The number of hydrogen-bond donors (Lipinski definition) is 2. The van der Waals surface area contributed by atoms with Gasteiger partial charge in [-0.1, -0.05) is 23.8 Å². The largest absolute Gasteiger partial charge is 0.351 e. The lowest BCUT2D eigenvalue weighted by Gasteiger charge is -2.08. The molecule has 4 heteroatoms. The fraction of sp³-hybridized carbons (Fsp3) is 0.167. The maximum atomic E-state index is 13.2. The van der Waals surface area contributed by atoms with Crippen LogP contribution in [0.2, 0.25) is 0 Å². The second kappa shape index (κ2) is 5.64. The third kappa shape index (κ3) is 2.86. The number of rotatable bonds is 3. The molecule has 0 aliphatic carbocycles. The van der Waals surface area contributed by atoms with Crippen molar-refractivity contribution >= 4 is 16.8 Å². The first-order valence-electron chi connectivity index (χ1n) is 7.15. The van der Waals surface area contributed by atoms with Gasteiger partial charge in [-0.2, -0.15) is 0 Å². The molecule has 0 aliphatic heterocycles. The van der Waals surface area contributed by atoms with E-state index >= 15 is 0 Å². The average molecular weight is 296 g/mol. The summed E-state index contributed by atoms with van der Waals surface area (Å²) >= 11 is 0. The smallest absolute Gasteiger partial charge is 0.267 e. The van der Waals surface area contributed by atoms with Crippen molar-refractivity contribution in [3.8, 4) is 0 Å². The molecule has 0 bridgehead atoms. The highest BCUT2D eigenvalue weighted by atomic mass is 19.1. The van der Waals surface area contributed by atoms with Gasteiger partial charge in [0.15, 0.2) is 0 Å². The van der Waals surface area contributed by atoms with E-state index in [0.717, 1.165) is 16.6 Å². The molecule has 0 unspecified atom stereocenters. The van der Waals surface area contributed by atoms with Crippen molar-refractivity contribution in [3.05, 3.63) is 70.7 Å². The van der Waals surface area contributed by atoms with Crippen LogP contribution < -0.4 is 5.32 Å². The molecule has 2 N–H and O–H groups in total. The van der Waals surface area contributed by atoms with Crippen LogP contribution >= 0.6 is 0 Å². The number of aryl methyl sites for hydroxylation is 2. The van der Waals surface area contributed by atoms with Crippen molar-refractivity contribution in [1.29, 1.82) is 0 Å². The van der Waals surface area contributed by atoms with Crippen molar-refractivity contribution in [2.75, 3.05) is 0 Å². The minimum Gasteiger partial charge on any atom is -0.351 e. The highest BCUT2D eigenvalue weighted by molar-refractivity contribution is 5.97. The van der Waals surface area contributed by atoms with Gasteiger partial charge >= 0.3 is 0 Å². The second-order valence-electron chi connectivity index (χ2n) is 5.53. The van der Waals surface area contributed by atoms with E-state index < -0.39 is 0 Å². The normalized spacial score (nSPS) is 10.9. The van der Waals surface area contributed by atoms with E-state index in [1.807, 2.05) is 26.0 Å². The zero-order valence-electron chi connectivity index (χ0n) is 12.5. The first-order valence-corrected chi connectivity index (χ1v) is 7.15. The van der Waals surface area contributed by atoms with Gasteiger partial charge in [-0.3, -0.25) is 4.79 Å². The Bertz CT molecular complexity index is 851. The molecule has 22 heavy (non-hydrogen) atoms. The highest BCUT2D eigenvalue weighted by Crippen LogP contribution is 2.17. The lowest BCUT2D eigenvalue weighted by molar-refractivity contribution is 0.0946. The summed E-state index contributed by atoms with van der Waals surface area (Å²) < 4.78 is 13.2. The Hall–Kier alpha value is -2.62. The second-order valence-corrected chi connectivity index (χ2v) is 5.53. The van der Waals surface area contributed by atoms with Gasteiger partial charge in [-0.05, 0) is 49.2 Å². The number of carbonyl (C=O) groups is 1. The van der Waals surface area contributed by atoms with Gasteiger partial charge in [-0.15, -0.1) is 0 Å². The first kappa shape index (κ1) is 14.3. The predicted molar refractivity (Wildman–Crippen MR) is 85.3 cm³/mol. The van der Waals surface area contributed by atoms with Gasteiger partial charge in [0.25, 0.3) is 5.91 Å². The molecule has 1 heterocycles. The van der Waals surface area contributed by atoms with Crippen LogP contribution in [0.4, 0.5) is 4.39 Å². The van der Waals surface area contributed by atoms with Crippen molar-refractivity contribution < 1.29 is 9.18 Å². The van der Waals surface area contributed by atoms with Crippen LogP contribution in [0.1, 0.15) is 27.2 Å². The molecule has 0 aliphatic rings. The van der Waals surface area contributed by atoms with Crippen LogP contribution in [0.5, 0.6) is 0 Å². The maximum Gasteiger partial charge on any atom is 0.267 e. The zero-order valence-corrected chi connectivity index (χ0v) is 12.5. The van der Waals surface area contributed by atoms with Crippen LogP contribution in [0.3, 0.4) is 0 Å². The van der Waals surface area contributed by atoms with Gasteiger partial charge in [0.05, 0.1) is 0 Å². The number of benzene rings is 2. The van der Waals surface area contributed by atoms with E-state index in [1.165, 1.54) is 17.7 Å². The quantitative estimate of drug-likeness (QED) is 0.757. The molecule has 3 rings (SSSR count). The lowest BCUT2D eigenvalue weighted by Crippen LogP contribution is -2.23. The Balaban J connectivity index is 1.75. The average Bonchev–Trinajstić information content (AvgIpc) is 2.89. The van der Waals surface area contributed by atoms with Crippen LogP contribution in [0.15, 0.2) is 42.5 Å². The molecule has 0 radical (unpaired) electrons. The van der Waals surface area contributed by atoms with Crippen molar-refractivity contribution in [2.24, 2.45) is 0 Å². The van der Waals surface area contributed by atoms with Gasteiger partial charge in [-0.25, -0.2) is 4.39 Å². The molecular formula is C18H17FN2O. The molecule has 0 fully saturated rings. The summed E-state index contributed by atoms with van der Waals surface area (Å²) in [5.41, 5.74) is 4.62. The molecule has 112 valence electrons. The molecule has 0 saturated carbocycles. The van der Waals surface area contributed by atoms with Gasteiger partial charge in [0, 0.05) is 17.4 Å². The number of halogens is 1. The van der Waals surface area contributed by atoms with E-state index in [0.29, 0.717) is 17.6 Å². The number of hydrogen-bond acceptors (Lipinski definition) is 1. The van der Waals surface area contributed by atoms with Crippen LogP contribution in [0.25, 0.3) is 10.9 Å². The molecule has 1 aromatic heterocycles. The van der Waals surface area contributed by atoms with Crippen molar-refractivity contribution in [1.82, 2.24) is 10.3 Å². The third-order valence-electron chi connectivity index (χ3n) is 3.76. The monoisotopic (exact) mass is 296 g/mol. The van der Waals surface area contributed by atoms with Crippen molar-refractivity contribution in [3.63, 3.8) is 0 Å². The van der Waals surface area contributed by atoms with Gasteiger partial charge in [0.1, 0.15) is 11.5 Å². The number of aromatic nitrogens is 1.